The van der Waals surface area contributed by atoms with E-state index in [0.717, 1.165) is 161 Å². The highest BCUT2D eigenvalue weighted by molar-refractivity contribution is 5.71. The van der Waals surface area contributed by atoms with Crippen molar-refractivity contribution in [3.8, 4) is 0 Å². The van der Waals surface area contributed by atoms with E-state index >= 15 is 0 Å². The van der Waals surface area contributed by atoms with Gasteiger partial charge in [-0.15, -0.1) is 0 Å². The number of allylic oxidation sites excluding steroid dienone is 20. The van der Waals surface area contributed by atoms with Crippen LogP contribution in [0.3, 0.4) is 0 Å². The van der Waals surface area contributed by atoms with Gasteiger partial charge in [0.25, 0.3) is 0 Å². The SMILES string of the molecule is CC/C=C\C/C=C\C/C=C\C/C=C\C/C=C\C/C=C\CCCCCCC(=O)OCC(COC(=O)CCCCCCC/C=C\CCCCC)OC(=O)CCCCCCC/C=C\C/C=C\C/C=C\CC. The first-order valence-electron chi connectivity index (χ1n) is 27.5. The Balaban J connectivity index is 4.44. The van der Waals surface area contributed by atoms with Crippen LogP contribution in [0.5, 0.6) is 0 Å². The molecule has 0 amide bonds. The van der Waals surface area contributed by atoms with Crippen LogP contribution < -0.4 is 0 Å². The fourth-order valence-electron chi connectivity index (χ4n) is 7.10. The molecule has 0 N–H and O–H groups in total. The Labute approximate surface area is 418 Å². The van der Waals surface area contributed by atoms with E-state index in [2.05, 4.69) is 142 Å². The second-order valence-electron chi connectivity index (χ2n) is 17.7. The van der Waals surface area contributed by atoms with Crippen molar-refractivity contribution >= 4 is 17.9 Å². The van der Waals surface area contributed by atoms with Crippen LogP contribution in [-0.4, -0.2) is 37.2 Å². The maximum absolute atomic E-state index is 12.8. The molecule has 1 unspecified atom stereocenters. The Morgan fingerprint density at radius 2 is 0.574 bits per heavy atom. The summed E-state index contributed by atoms with van der Waals surface area (Å²) in [7, 11) is 0. The molecule has 0 rings (SSSR count). The summed E-state index contributed by atoms with van der Waals surface area (Å²) in [5.74, 6) is -0.957. The van der Waals surface area contributed by atoms with Gasteiger partial charge in [-0.2, -0.15) is 0 Å². The summed E-state index contributed by atoms with van der Waals surface area (Å²) in [5, 5.41) is 0. The van der Waals surface area contributed by atoms with Crippen LogP contribution in [0.15, 0.2) is 122 Å². The van der Waals surface area contributed by atoms with Gasteiger partial charge in [0.15, 0.2) is 6.10 Å². The molecular weight excluding hydrogens is 841 g/mol. The average molecular weight is 941 g/mol. The van der Waals surface area contributed by atoms with Crippen molar-refractivity contribution in [3.05, 3.63) is 122 Å². The van der Waals surface area contributed by atoms with E-state index in [9.17, 15) is 14.4 Å². The van der Waals surface area contributed by atoms with Crippen LogP contribution in [0, 0.1) is 0 Å². The zero-order valence-corrected chi connectivity index (χ0v) is 43.8. The molecule has 1 atom stereocenters. The monoisotopic (exact) mass is 941 g/mol. The average Bonchev–Trinajstić information content (AvgIpc) is 3.34. The largest absolute Gasteiger partial charge is 0.462 e. The molecule has 0 saturated carbocycles. The van der Waals surface area contributed by atoms with E-state index in [1.807, 2.05) is 0 Å². The lowest BCUT2D eigenvalue weighted by atomic mass is 10.1. The van der Waals surface area contributed by atoms with Crippen molar-refractivity contribution in [2.45, 2.75) is 239 Å². The number of hydrogen-bond acceptors (Lipinski definition) is 6. The highest BCUT2D eigenvalue weighted by atomic mass is 16.6. The third kappa shape index (κ3) is 52.8. The molecule has 6 heteroatoms. The Hall–Kier alpha value is -4.19. The lowest BCUT2D eigenvalue weighted by Crippen LogP contribution is -2.30. The van der Waals surface area contributed by atoms with Crippen LogP contribution in [0.4, 0.5) is 0 Å². The minimum atomic E-state index is -0.804. The van der Waals surface area contributed by atoms with Gasteiger partial charge in [-0.25, -0.2) is 0 Å². The molecule has 0 aliphatic heterocycles. The second-order valence-corrected chi connectivity index (χ2v) is 17.7. The van der Waals surface area contributed by atoms with Crippen LogP contribution in [0.1, 0.15) is 233 Å². The molecule has 6 nitrogen and oxygen atoms in total. The van der Waals surface area contributed by atoms with Crippen LogP contribution >= 0.6 is 0 Å². The molecule has 0 aromatic rings. The zero-order chi connectivity index (χ0) is 49.3. The summed E-state index contributed by atoms with van der Waals surface area (Å²) >= 11 is 0. The first kappa shape index (κ1) is 63.8. The Morgan fingerprint density at radius 1 is 0.309 bits per heavy atom. The number of carbonyl (C=O) groups is 3. The number of carbonyl (C=O) groups excluding carboxylic acids is 3. The van der Waals surface area contributed by atoms with Crippen molar-refractivity contribution in [2.75, 3.05) is 13.2 Å². The van der Waals surface area contributed by atoms with Gasteiger partial charge in [0.05, 0.1) is 0 Å². The maximum Gasteiger partial charge on any atom is 0.306 e. The minimum Gasteiger partial charge on any atom is -0.462 e. The fraction of sp³-hybridized carbons (Fsp3) is 0.629. The van der Waals surface area contributed by atoms with Crippen molar-refractivity contribution in [3.63, 3.8) is 0 Å². The molecular formula is C62H100O6. The lowest BCUT2D eigenvalue weighted by molar-refractivity contribution is -0.167. The highest BCUT2D eigenvalue weighted by Crippen LogP contribution is 2.13. The highest BCUT2D eigenvalue weighted by Gasteiger charge is 2.19. The predicted molar refractivity (Wildman–Crippen MR) is 293 cm³/mol. The van der Waals surface area contributed by atoms with Gasteiger partial charge >= 0.3 is 17.9 Å². The zero-order valence-electron chi connectivity index (χ0n) is 43.8. The molecule has 0 radical (unpaired) electrons. The number of rotatable bonds is 48. The Morgan fingerprint density at radius 3 is 0.912 bits per heavy atom. The molecule has 0 aliphatic carbocycles. The second kappa shape index (κ2) is 55.4. The van der Waals surface area contributed by atoms with E-state index in [1.54, 1.807) is 0 Å². The number of esters is 3. The molecule has 68 heavy (non-hydrogen) atoms. The molecule has 0 bridgehead atoms. The number of hydrogen-bond donors (Lipinski definition) is 0. The van der Waals surface area contributed by atoms with E-state index in [-0.39, 0.29) is 31.1 Å². The Kier molecular flexibility index (Phi) is 52.0. The van der Waals surface area contributed by atoms with E-state index < -0.39 is 6.10 Å². The van der Waals surface area contributed by atoms with E-state index in [0.29, 0.717) is 19.3 Å². The summed E-state index contributed by atoms with van der Waals surface area (Å²) in [4.78, 5) is 38.1. The summed E-state index contributed by atoms with van der Waals surface area (Å²) in [6, 6.07) is 0. The first-order valence-corrected chi connectivity index (χ1v) is 27.5. The molecule has 384 valence electrons. The number of unbranched alkanes of at least 4 members (excludes halogenated alkanes) is 17. The topological polar surface area (TPSA) is 78.9 Å². The van der Waals surface area contributed by atoms with Gasteiger partial charge in [0.2, 0.25) is 0 Å². The van der Waals surface area contributed by atoms with Crippen molar-refractivity contribution < 1.29 is 28.6 Å². The maximum atomic E-state index is 12.8. The summed E-state index contributed by atoms with van der Waals surface area (Å²) in [6.45, 7) is 6.33. The van der Waals surface area contributed by atoms with Gasteiger partial charge < -0.3 is 14.2 Å². The standard InChI is InChI=1S/C62H100O6/c1-4-7-10-13-16-19-22-25-27-28-29-30-31-32-33-34-36-37-40-43-46-49-52-55-61(64)67-58-59(57-66-60(63)54-51-48-45-42-39-24-21-18-15-12-9-6-3)68-62(65)56-53-50-47-44-41-38-35-26-23-20-17-14-11-8-5-2/h7-8,10-11,16-21,25-27,29-30,32-33,35-37,59H,4-6,9,12-15,22-24,28,31,34,38-58H2,1-3H3/b10-7-,11-8-,19-16-,20-17-,21-18-,27-25-,30-29-,33-32-,35-26-,37-36-. The molecule has 0 saturated heterocycles. The molecule has 0 spiro atoms. The smallest absolute Gasteiger partial charge is 0.306 e. The quantitative estimate of drug-likeness (QED) is 0.0262. The lowest BCUT2D eigenvalue weighted by Gasteiger charge is -2.18. The van der Waals surface area contributed by atoms with Gasteiger partial charge in [0.1, 0.15) is 13.2 Å². The first-order chi connectivity index (χ1) is 33.5. The van der Waals surface area contributed by atoms with Crippen LogP contribution in [0.2, 0.25) is 0 Å². The van der Waals surface area contributed by atoms with E-state index in [1.165, 1.54) is 32.1 Å². The van der Waals surface area contributed by atoms with E-state index in [4.69, 9.17) is 14.2 Å². The molecule has 0 heterocycles. The number of ether oxygens (including phenoxy) is 3. The third-order valence-electron chi connectivity index (χ3n) is 11.2. The van der Waals surface area contributed by atoms with Gasteiger partial charge in [-0.05, 0) is 128 Å². The van der Waals surface area contributed by atoms with Crippen molar-refractivity contribution in [1.82, 2.24) is 0 Å². The van der Waals surface area contributed by atoms with Crippen LogP contribution in [0.25, 0.3) is 0 Å². The summed E-state index contributed by atoms with van der Waals surface area (Å²) in [6.07, 6.45) is 76.1. The van der Waals surface area contributed by atoms with Gasteiger partial charge in [-0.3, -0.25) is 14.4 Å². The van der Waals surface area contributed by atoms with Crippen LogP contribution in [-0.2, 0) is 28.6 Å². The summed E-state index contributed by atoms with van der Waals surface area (Å²) < 4.78 is 16.8. The van der Waals surface area contributed by atoms with Crippen molar-refractivity contribution in [2.24, 2.45) is 0 Å². The van der Waals surface area contributed by atoms with Gasteiger partial charge in [-0.1, -0.05) is 206 Å². The van der Waals surface area contributed by atoms with Crippen molar-refractivity contribution in [1.29, 1.82) is 0 Å². The predicted octanol–water partition coefficient (Wildman–Crippen LogP) is 18.5. The molecule has 0 aromatic heterocycles. The summed E-state index contributed by atoms with van der Waals surface area (Å²) in [5.41, 5.74) is 0. The Bertz CT molecular complexity index is 1450. The normalized spacial score (nSPS) is 13.0. The molecule has 0 aliphatic rings. The third-order valence-corrected chi connectivity index (χ3v) is 11.2. The molecule has 0 fully saturated rings. The fourth-order valence-corrected chi connectivity index (χ4v) is 7.10. The molecule has 0 aromatic carbocycles. The van der Waals surface area contributed by atoms with Gasteiger partial charge in [0, 0.05) is 19.3 Å². The minimum absolute atomic E-state index is 0.101.